The fourth-order valence-corrected chi connectivity index (χ4v) is 9.64. The van der Waals surface area contributed by atoms with Gasteiger partial charge in [0.05, 0.1) is 0 Å². The first-order chi connectivity index (χ1) is 31.1. The smallest absolute Gasteiger partial charge is 0.136 e. The summed E-state index contributed by atoms with van der Waals surface area (Å²) in [6.07, 6.45) is 0.809. The topological polar surface area (TPSA) is 65.0 Å². The SMILES string of the molecule is Cc1cc2c(c(-c3c(-c4ccc(-c5cc6ccccc6o5)cc4)ccc(-c4cc5ccccc5o4)c3-c3nnnc(-c4ccccc4)c3-c3ccccc3)c1C)Cc1ccccc1-2. The number of rotatable bonds is 7. The highest BCUT2D eigenvalue weighted by molar-refractivity contribution is 6.08. The van der Waals surface area contributed by atoms with Gasteiger partial charge in [-0.05, 0) is 111 Å². The van der Waals surface area contributed by atoms with E-state index in [9.17, 15) is 0 Å². The maximum Gasteiger partial charge on any atom is 0.136 e. The Balaban J connectivity index is 1.22. The minimum atomic E-state index is 0.728. The third-order valence-electron chi connectivity index (χ3n) is 12.8. The third-order valence-corrected chi connectivity index (χ3v) is 12.8. The van der Waals surface area contributed by atoms with Crippen LogP contribution in [0.25, 0.3) is 112 Å². The number of aryl methyl sites for hydroxylation is 1. The molecule has 0 radical (unpaired) electrons. The van der Waals surface area contributed by atoms with Crippen LogP contribution in [0.1, 0.15) is 22.3 Å². The average molecular weight is 810 g/mol. The van der Waals surface area contributed by atoms with E-state index in [2.05, 4.69) is 153 Å². The molecule has 0 saturated heterocycles. The van der Waals surface area contributed by atoms with Gasteiger partial charge >= 0.3 is 0 Å². The Labute approximate surface area is 365 Å². The van der Waals surface area contributed by atoms with E-state index in [-0.39, 0.29) is 0 Å². The van der Waals surface area contributed by atoms with Crippen molar-refractivity contribution in [2.45, 2.75) is 20.3 Å². The number of hydrogen-bond acceptors (Lipinski definition) is 5. The van der Waals surface area contributed by atoms with Crippen molar-refractivity contribution in [3.8, 4) is 89.7 Å². The largest absolute Gasteiger partial charge is 0.456 e. The summed E-state index contributed by atoms with van der Waals surface area (Å²) in [5, 5.41) is 16.6. The van der Waals surface area contributed by atoms with E-state index < -0.39 is 0 Å². The highest BCUT2D eigenvalue weighted by Crippen LogP contribution is 2.54. The van der Waals surface area contributed by atoms with Crippen molar-refractivity contribution in [1.82, 2.24) is 15.4 Å². The average Bonchev–Trinajstić information content (AvgIpc) is 4.08. The van der Waals surface area contributed by atoms with Gasteiger partial charge in [0.1, 0.15) is 34.1 Å². The lowest BCUT2D eigenvalue weighted by atomic mass is 9.79. The van der Waals surface area contributed by atoms with Gasteiger partial charge in [0.15, 0.2) is 0 Å². The van der Waals surface area contributed by atoms with Crippen LogP contribution in [0.15, 0.2) is 197 Å². The van der Waals surface area contributed by atoms with Crippen molar-refractivity contribution < 1.29 is 8.83 Å². The Morgan fingerprint density at radius 3 is 1.71 bits per heavy atom. The second kappa shape index (κ2) is 14.8. The molecule has 11 aromatic rings. The molecule has 3 aromatic heterocycles. The minimum Gasteiger partial charge on any atom is -0.456 e. The first-order valence-electron chi connectivity index (χ1n) is 21.4. The molecule has 0 aliphatic heterocycles. The van der Waals surface area contributed by atoms with Gasteiger partial charge in [0.2, 0.25) is 0 Å². The van der Waals surface area contributed by atoms with Crippen LogP contribution in [0, 0.1) is 13.8 Å². The van der Waals surface area contributed by atoms with Gasteiger partial charge in [-0.2, -0.15) is 0 Å². The van der Waals surface area contributed by atoms with Gasteiger partial charge in [0, 0.05) is 44.2 Å². The number of benzene rings is 8. The Morgan fingerprint density at radius 2 is 0.984 bits per heavy atom. The van der Waals surface area contributed by atoms with E-state index in [4.69, 9.17) is 19.0 Å². The number of fused-ring (bicyclic) bond motifs is 5. The van der Waals surface area contributed by atoms with Gasteiger partial charge in [-0.15, -0.1) is 10.2 Å². The first-order valence-corrected chi connectivity index (χ1v) is 21.4. The van der Waals surface area contributed by atoms with Gasteiger partial charge in [-0.25, -0.2) is 0 Å². The van der Waals surface area contributed by atoms with Crippen LogP contribution in [0.4, 0.5) is 0 Å². The van der Waals surface area contributed by atoms with Crippen molar-refractivity contribution in [2.75, 3.05) is 0 Å². The molecule has 0 bridgehead atoms. The molecule has 0 saturated carbocycles. The zero-order valence-electron chi connectivity index (χ0n) is 34.8. The summed E-state index contributed by atoms with van der Waals surface area (Å²) in [6, 6.07) is 65.9. The number of hydrogen-bond donors (Lipinski definition) is 0. The first kappa shape index (κ1) is 36.7. The molecule has 298 valence electrons. The predicted molar refractivity (Wildman–Crippen MR) is 255 cm³/mol. The standard InChI is InChI=1S/C58H39N3O2/c1-35-31-47-44-22-12-9-19-41(44)32-48(47)53(36(35)2)55-45(37-25-27-38(28-26-37)51-33-42-20-10-13-23-49(42)62-51)29-30-46(52-34-43-21-11-14-24-50(43)63-52)56(55)58-54(39-15-5-3-6-16-39)57(59-61-60-58)40-17-7-4-8-18-40/h3-31,33-34H,32H2,1-2H3. The van der Waals surface area contributed by atoms with Gasteiger partial charge in [-0.3, -0.25) is 0 Å². The molecule has 1 aliphatic carbocycles. The predicted octanol–water partition coefficient (Wildman–Crippen LogP) is 15.2. The van der Waals surface area contributed by atoms with Crippen LogP contribution in [0.2, 0.25) is 0 Å². The van der Waals surface area contributed by atoms with E-state index >= 15 is 0 Å². The van der Waals surface area contributed by atoms with Gasteiger partial charge < -0.3 is 8.83 Å². The Bertz CT molecular complexity index is 3480. The molecule has 1 aliphatic rings. The molecule has 0 N–H and O–H groups in total. The lowest BCUT2D eigenvalue weighted by molar-refractivity contribution is 0.631. The van der Waals surface area contributed by atoms with E-state index in [1.165, 1.54) is 38.9 Å². The molecule has 63 heavy (non-hydrogen) atoms. The molecule has 3 heterocycles. The number of furan rings is 2. The summed E-state index contributed by atoms with van der Waals surface area (Å²) in [5.41, 5.74) is 20.9. The minimum absolute atomic E-state index is 0.728. The molecule has 0 atom stereocenters. The van der Waals surface area contributed by atoms with E-state index in [0.29, 0.717) is 0 Å². The summed E-state index contributed by atoms with van der Waals surface area (Å²) in [7, 11) is 0. The maximum atomic E-state index is 6.83. The second-order valence-corrected chi connectivity index (χ2v) is 16.4. The summed E-state index contributed by atoms with van der Waals surface area (Å²) in [4.78, 5) is 0. The highest BCUT2D eigenvalue weighted by atomic mass is 16.3. The molecule has 5 nitrogen and oxygen atoms in total. The molecule has 8 aromatic carbocycles. The zero-order valence-corrected chi connectivity index (χ0v) is 34.8. The van der Waals surface area contributed by atoms with Gasteiger partial charge in [-0.1, -0.05) is 158 Å². The van der Waals surface area contributed by atoms with Crippen molar-refractivity contribution in [3.05, 3.63) is 210 Å². The third kappa shape index (κ3) is 6.12. The van der Waals surface area contributed by atoms with Crippen LogP contribution in [-0.2, 0) is 6.42 Å². The normalized spacial score (nSPS) is 11.9. The van der Waals surface area contributed by atoms with E-state index in [1.54, 1.807) is 0 Å². The van der Waals surface area contributed by atoms with E-state index in [1.807, 2.05) is 54.6 Å². The van der Waals surface area contributed by atoms with Crippen molar-refractivity contribution in [1.29, 1.82) is 0 Å². The van der Waals surface area contributed by atoms with Crippen molar-refractivity contribution >= 4 is 21.9 Å². The summed E-state index contributed by atoms with van der Waals surface area (Å²) in [5.74, 6) is 1.59. The molecule has 0 fully saturated rings. The van der Waals surface area contributed by atoms with Crippen molar-refractivity contribution in [3.63, 3.8) is 0 Å². The second-order valence-electron chi connectivity index (χ2n) is 16.4. The van der Waals surface area contributed by atoms with Crippen LogP contribution < -0.4 is 0 Å². The lowest BCUT2D eigenvalue weighted by Crippen LogP contribution is -2.05. The van der Waals surface area contributed by atoms with Crippen LogP contribution in [0.3, 0.4) is 0 Å². The number of para-hydroxylation sites is 2. The molecular formula is C58H39N3O2. The van der Waals surface area contributed by atoms with Gasteiger partial charge in [0.25, 0.3) is 0 Å². The molecule has 0 unspecified atom stereocenters. The monoisotopic (exact) mass is 809 g/mol. The zero-order chi connectivity index (χ0) is 42.0. The fraction of sp³-hybridized carbons (Fsp3) is 0.0517. The summed E-state index contributed by atoms with van der Waals surface area (Å²) >= 11 is 0. The van der Waals surface area contributed by atoms with E-state index in [0.717, 1.165) is 101 Å². The Hall–Kier alpha value is -8.15. The lowest BCUT2D eigenvalue weighted by Gasteiger charge is -2.25. The maximum absolute atomic E-state index is 6.83. The summed E-state index contributed by atoms with van der Waals surface area (Å²) in [6.45, 7) is 4.51. The molecular weight excluding hydrogens is 771 g/mol. The number of nitrogens with zero attached hydrogens (tertiary/aromatic N) is 3. The Kier molecular flexibility index (Phi) is 8.61. The summed E-state index contributed by atoms with van der Waals surface area (Å²) < 4.78 is 13.2. The quantitative estimate of drug-likeness (QED) is 0.160. The molecule has 12 rings (SSSR count). The highest BCUT2D eigenvalue weighted by Gasteiger charge is 2.32. The van der Waals surface area contributed by atoms with Crippen LogP contribution >= 0.6 is 0 Å². The van der Waals surface area contributed by atoms with Crippen LogP contribution in [-0.4, -0.2) is 15.4 Å². The molecule has 0 spiro atoms. The fourth-order valence-electron chi connectivity index (χ4n) is 9.64. The number of aromatic nitrogens is 3. The molecule has 5 heteroatoms. The van der Waals surface area contributed by atoms with Crippen molar-refractivity contribution in [2.24, 2.45) is 0 Å². The molecule has 0 amide bonds. The van der Waals surface area contributed by atoms with Crippen LogP contribution in [0.5, 0.6) is 0 Å². The Morgan fingerprint density at radius 1 is 0.397 bits per heavy atom.